The van der Waals surface area contributed by atoms with Gasteiger partial charge in [0.05, 0.1) is 0 Å². The van der Waals surface area contributed by atoms with E-state index >= 15 is 0 Å². The third kappa shape index (κ3) is 5.17. The topological polar surface area (TPSA) is 49.4 Å². The molecule has 22 heavy (non-hydrogen) atoms. The Morgan fingerprint density at radius 2 is 1.82 bits per heavy atom. The van der Waals surface area contributed by atoms with Gasteiger partial charge in [0, 0.05) is 19.5 Å². The van der Waals surface area contributed by atoms with Crippen molar-refractivity contribution in [1.29, 1.82) is 0 Å². The van der Waals surface area contributed by atoms with Crippen LogP contribution >= 0.6 is 0 Å². The lowest BCUT2D eigenvalue weighted by Crippen LogP contribution is -2.48. The van der Waals surface area contributed by atoms with Gasteiger partial charge >= 0.3 is 0 Å². The van der Waals surface area contributed by atoms with Crippen LogP contribution in [-0.4, -0.2) is 29.3 Å². The van der Waals surface area contributed by atoms with Gasteiger partial charge in [0.1, 0.15) is 6.04 Å². The van der Waals surface area contributed by atoms with Crippen LogP contribution in [0.3, 0.4) is 0 Å². The zero-order chi connectivity index (χ0) is 16.7. The van der Waals surface area contributed by atoms with Crippen LogP contribution in [0.5, 0.6) is 0 Å². The maximum atomic E-state index is 12.3. The Hall–Kier alpha value is -1.84. The van der Waals surface area contributed by atoms with Gasteiger partial charge in [-0.2, -0.15) is 0 Å². The van der Waals surface area contributed by atoms with E-state index in [1.807, 2.05) is 52.0 Å². The zero-order valence-electron chi connectivity index (χ0n) is 14.3. The fourth-order valence-corrected chi connectivity index (χ4v) is 2.21. The second kappa shape index (κ2) is 8.57. The Bertz CT molecular complexity index is 512. The first kappa shape index (κ1) is 18.2. The van der Waals surface area contributed by atoms with E-state index in [4.69, 9.17) is 0 Å². The van der Waals surface area contributed by atoms with Crippen LogP contribution in [0.25, 0.3) is 0 Å². The fourth-order valence-electron chi connectivity index (χ4n) is 2.21. The van der Waals surface area contributed by atoms with Crippen molar-refractivity contribution in [2.24, 2.45) is 5.92 Å². The molecule has 1 N–H and O–H groups in total. The van der Waals surface area contributed by atoms with Crippen molar-refractivity contribution < 1.29 is 9.59 Å². The van der Waals surface area contributed by atoms with Crippen molar-refractivity contribution in [2.45, 2.75) is 53.6 Å². The molecule has 1 unspecified atom stereocenters. The number of hydrogen-bond donors (Lipinski definition) is 1. The first-order valence-corrected chi connectivity index (χ1v) is 7.98. The molecule has 4 nitrogen and oxygen atoms in total. The molecule has 1 aromatic carbocycles. The Balaban J connectivity index is 2.86. The van der Waals surface area contributed by atoms with E-state index < -0.39 is 6.04 Å². The molecule has 0 fully saturated rings. The van der Waals surface area contributed by atoms with Crippen LogP contribution in [0.15, 0.2) is 24.3 Å². The van der Waals surface area contributed by atoms with Gasteiger partial charge in [-0.15, -0.1) is 0 Å². The first-order chi connectivity index (χ1) is 10.4. The molecule has 2 amide bonds. The van der Waals surface area contributed by atoms with E-state index in [0.717, 1.165) is 11.1 Å². The molecule has 0 saturated heterocycles. The minimum Gasteiger partial charge on any atom is -0.354 e. The molecule has 1 atom stereocenters. The molecule has 0 radical (unpaired) electrons. The molecule has 0 aliphatic carbocycles. The van der Waals surface area contributed by atoms with Crippen LogP contribution in [0.2, 0.25) is 0 Å². The Morgan fingerprint density at radius 3 is 2.36 bits per heavy atom. The van der Waals surface area contributed by atoms with Crippen molar-refractivity contribution in [2.75, 3.05) is 6.54 Å². The maximum Gasteiger partial charge on any atom is 0.242 e. The minimum absolute atomic E-state index is 0.00421. The van der Waals surface area contributed by atoms with Gasteiger partial charge in [0.25, 0.3) is 0 Å². The zero-order valence-corrected chi connectivity index (χ0v) is 14.3. The largest absolute Gasteiger partial charge is 0.354 e. The third-order valence-electron chi connectivity index (χ3n) is 3.76. The van der Waals surface area contributed by atoms with Crippen LogP contribution < -0.4 is 5.32 Å². The highest BCUT2D eigenvalue weighted by Gasteiger charge is 2.25. The minimum atomic E-state index is -0.467. The number of benzene rings is 1. The quantitative estimate of drug-likeness (QED) is 0.842. The molecule has 122 valence electrons. The van der Waals surface area contributed by atoms with Crippen molar-refractivity contribution in [1.82, 2.24) is 10.2 Å². The number of nitrogens with zero attached hydrogens (tertiary/aromatic N) is 1. The molecule has 0 aliphatic heterocycles. The summed E-state index contributed by atoms with van der Waals surface area (Å²) in [7, 11) is 0. The van der Waals surface area contributed by atoms with Crippen molar-refractivity contribution in [3.63, 3.8) is 0 Å². The standard InChI is InChI=1S/C18H28N2O2/c1-6-17(21)20(12-16-10-8-7-9-14(16)4)15(5)18(22)19-11-13(2)3/h7-10,13,15H,6,11-12H2,1-5H3,(H,19,22). The summed E-state index contributed by atoms with van der Waals surface area (Å²) in [5.41, 5.74) is 2.21. The Kier molecular flexibility index (Phi) is 7.09. The van der Waals surface area contributed by atoms with E-state index in [9.17, 15) is 9.59 Å². The predicted molar refractivity (Wildman–Crippen MR) is 89.3 cm³/mol. The average molecular weight is 304 g/mol. The summed E-state index contributed by atoms with van der Waals surface area (Å²) >= 11 is 0. The number of hydrogen-bond acceptors (Lipinski definition) is 2. The lowest BCUT2D eigenvalue weighted by Gasteiger charge is -2.29. The van der Waals surface area contributed by atoms with Crippen molar-refractivity contribution in [3.05, 3.63) is 35.4 Å². The highest BCUT2D eigenvalue weighted by atomic mass is 16.2. The highest BCUT2D eigenvalue weighted by Crippen LogP contribution is 2.14. The van der Waals surface area contributed by atoms with E-state index in [1.54, 1.807) is 11.8 Å². The van der Waals surface area contributed by atoms with Gasteiger partial charge in [-0.1, -0.05) is 45.0 Å². The number of nitrogens with one attached hydrogen (secondary N) is 1. The molecule has 0 aliphatic rings. The van der Waals surface area contributed by atoms with Gasteiger partial charge < -0.3 is 10.2 Å². The smallest absolute Gasteiger partial charge is 0.242 e. The second-order valence-electron chi connectivity index (χ2n) is 6.12. The molecular formula is C18H28N2O2. The summed E-state index contributed by atoms with van der Waals surface area (Å²) < 4.78 is 0. The lowest BCUT2D eigenvalue weighted by molar-refractivity contribution is -0.140. The van der Waals surface area contributed by atoms with E-state index in [-0.39, 0.29) is 11.8 Å². The van der Waals surface area contributed by atoms with Crippen LogP contribution in [-0.2, 0) is 16.1 Å². The molecule has 0 aromatic heterocycles. The Labute approximate surface area is 133 Å². The van der Waals surface area contributed by atoms with Gasteiger partial charge in [-0.25, -0.2) is 0 Å². The van der Waals surface area contributed by atoms with Crippen molar-refractivity contribution in [3.8, 4) is 0 Å². The molecule has 1 rings (SSSR count). The summed E-state index contributed by atoms with van der Waals surface area (Å²) in [5, 5.41) is 2.91. The fraction of sp³-hybridized carbons (Fsp3) is 0.556. The highest BCUT2D eigenvalue weighted by molar-refractivity contribution is 5.87. The molecule has 0 bridgehead atoms. The van der Waals surface area contributed by atoms with E-state index in [2.05, 4.69) is 5.32 Å². The van der Waals surface area contributed by atoms with Crippen molar-refractivity contribution >= 4 is 11.8 Å². The summed E-state index contributed by atoms with van der Waals surface area (Å²) in [6.07, 6.45) is 0.397. The number of amides is 2. The predicted octanol–water partition coefficient (Wildman–Crippen LogP) is 2.89. The summed E-state index contributed by atoms with van der Waals surface area (Å²) in [5.74, 6) is 0.294. The number of aryl methyl sites for hydroxylation is 1. The summed E-state index contributed by atoms with van der Waals surface area (Å²) in [6, 6.07) is 7.49. The third-order valence-corrected chi connectivity index (χ3v) is 3.76. The van der Waals surface area contributed by atoms with Crippen LogP contribution in [0, 0.1) is 12.8 Å². The Morgan fingerprint density at radius 1 is 1.18 bits per heavy atom. The van der Waals surface area contributed by atoms with Crippen LogP contribution in [0.1, 0.15) is 45.2 Å². The SMILES string of the molecule is CCC(=O)N(Cc1ccccc1C)C(C)C(=O)NCC(C)C. The number of rotatable bonds is 7. The summed E-state index contributed by atoms with van der Waals surface area (Å²) in [6.45, 7) is 10.8. The average Bonchev–Trinajstić information content (AvgIpc) is 2.50. The van der Waals surface area contributed by atoms with Gasteiger partial charge in [-0.05, 0) is 30.9 Å². The molecule has 0 heterocycles. The second-order valence-corrected chi connectivity index (χ2v) is 6.12. The molecule has 0 spiro atoms. The molecule has 1 aromatic rings. The van der Waals surface area contributed by atoms with Gasteiger partial charge in [0.2, 0.25) is 11.8 Å². The van der Waals surface area contributed by atoms with Gasteiger partial charge in [0.15, 0.2) is 0 Å². The van der Waals surface area contributed by atoms with E-state index in [0.29, 0.717) is 25.4 Å². The monoisotopic (exact) mass is 304 g/mol. The van der Waals surface area contributed by atoms with E-state index in [1.165, 1.54) is 0 Å². The van der Waals surface area contributed by atoms with Crippen LogP contribution in [0.4, 0.5) is 0 Å². The molecular weight excluding hydrogens is 276 g/mol. The molecule has 0 saturated carbocycles. The number of carbonyl (C=O) groups excluding carboxylic acids is 2. The summed E-state index contributed by atoms with van der Waals surface area (Å²) in [4.78, 5) is 26.2. The lowest BCUT2D eigenvalue weighted by atomic mass is 10.1. The first-order valence-electron chi connectivity index (χ1n) is 7.98. The number of carbonyl (C=O) groups is 2. The normalized spacial score (nSPS) is 12.1. The van der Waals surface area contributed by atoms with Gasteiger partial charge in [-0.3, -0.25) is 9.59 Å². The maximum absolute atomic E-state index is 12.3. The molecule has 4 heteroatoms.